The fraction of sp³-hybridized carbons (Fsp3) is 0.188. The van der Waals surface area contributed by atoms with Crippen LogP contribution < -0.4 is 15.8 Å². The molecule has 5 heteroatoms. The first-order chi connectivity index (χ1) is 9.95. The van der Waals surface area contributed by atoms with Gasteiger partial charge in [0.05, 0.1) is 16.8 Å². The molecule has 0 aliphatic heterocycles. The third-order valence-electron chi connectivity index (χ3n) is 2.73. The summed E-state index contributed by atoms with van der Waals surface area (Å²) in [4.78, 5) is 12.1. The second-order valence-electron chi connectivity index (χ2n) is 4.88. The topological polar surface area (TPSA) is 64.3 Å². The summed E-state index contributed by atoms with van der Waals surface area (Å²) in [5.74, 6) is 0.491. The van der Waals surface area contributed by atoms with Crippen molar-refractivity contribution in [1.82, 2.24) is 0 Å². The third-order valence-corrected chi connectivity index (χ3v) is 3.04. The first-order valence-corrected chi connectivity index (χ1v) is 6.96. The molecule has 0 radical (unpaired) electrons. The van der Waals surface area contributed by atoms with Gasteiger partial charge in [-0.3, -0.25) is 4.79 Å². The predicted octanol–water partition coefficient (Wildman–Crippen LogP) is 3.96. The molecule has 4 nitrogen and oxygen atoms in total. The van der Waals surface area contributed by atoms with E-state index < -0.39 is 0 Å². The highest BCUT2D eigenvalue weighted by molar-refractivity contribution is 6.34. The second-order valence-corrected chi connectivity index (χ2v) is 5.29. The molecule has 0 atom stereocenters. The smallest absolute Gasteiger partial charge is 0.255 e. The fourth-order valence-corrected chi connectivity index (χ4v) is 2.02. The molecule has 2 rings (SSSR count). The minimum atomic E-state index is -0.238. The lowest BCUT2D eigenvalue weighted by molar-refractivity contribution is 0.102. The summed E-state index contributed by atoms with van der Waals surface area (Å²) in [6.07, 6.45) is 0.0956. The molecular formula is C16H17ClN2O2. The summed E-state index contributed by atoms with van der Waals surface area (Å²) in [6, 6.07) is 11.9. The highest BCUT2D eigenvalue weighted by Gasteiger charge is 2.09. The van der Waals surface area contributed by atoms with Crippen LogP contribution in [0.25, 0.3) is 0 Å². The third kappa shape index (κ3) is 4.13. The van der Waals surface area contributed by atoms with Crippen molar-refractivity contribution >= 4 is 28.9 Å². The monoisotopic (exact) mass is 304 g/mol. The van der Waals surface area contributed by atoms with Crippen molar-refractivity contribution in [3.8, 4) is 5.75 Å². The molecule has 0 fully saturated rings. The van der Waals surface area contributed by atoms with E-state index in [4.69, 9.17) is 22.1 Å². The summed E-state index contributed by atoms with van der Waals surface area (Å²) in [7, 11) is 0. The maximum Gasteiger partial charge on any atom is 0.255 e. The van der Waals surface area contributed by atoms with Crippen LogP contribution in [0, 0.1) is 0 Å². The van der Waals surface area contributed by atoms with Gasteiger partial charge in [0.1, 0.15) is 5.75 Å². The van der Waals surface area contributed by atoms with Crippen LogP contribution in [0.2, 0.25) is 5.02 Å². The summed E-state index contributed by atoms with van der Waals surface area (Å²) in [5.41, 5.74) is 7.22. The summed E-state index contributed by atoms with van der Waals surface area (Å²) >= 11 is 6.03. The molecule has 0 aromatic heterocycles. The van der Waals surface area contributed by atoms with Gasteiger partial charge in [-0.25, -0.2) is 0 Å². The molecule has 2 aromatic rings. The van der Waals surface area contributed by atoms with E-state index in [-0.39, 0.29) is 12.0 Å². The average molecular weight is 305 g/mol. The van der Waals surface area contributed by atoms with Gasteiger partial charge in [-0.1, -0.05) is 11.6 Å². The molecule has 0 aliphatic carbocycles. The maximum atomic E-state index is 12.1. The van der Waals surface area contributed by atoms with Crippen LogP contribution >= 0.6 is 11.6 Å². The molecule has 3 N–H and O–H groups in total. The molecule has 1 amide bonds. The van der Waals surface area contributed by atoms with Crippen LogP contribution in [0.1, 0.15) is 24.2 Å². The van der Waals surface area contributed by atoms with Gasteiger partial charge in [-0.15, -0.1) is 0 Å². The SMILES string of the molecule is CC(C)Oc1ccc(C(=O)Nc2ccc(N)cc2Cl)cc1. The summed E-state index contributed by atoms with van der Waals surface area (Å²) in [6.45, 7) is 3.90. The minimum Gasteiger partial charge on any atom is -0.491 e. The molecule has 0 bridgehead atoms. The Bertz CT molecular complexity index is 639. The molecular weight excluding hydrogens is 288 g/mol. The Morgan fingerprint density at radius 1 is 1.19 bits per heavy atom. The van der Waals surface area contributed by atoms with E-state index in [0.717, 1.165) is 5.75 Å². The van der Waals surface area contributed by atoms with Crippen molar-refractivity contribution in [3.63, 3.8) is 0 Å². The first kappa shape index (κ1) is 15.2. The van der Waals surface area contributed by atoms with Crippen LogP contribution in [0.15, 0.2) is 42.5 Å². The van der Waals surface area contributed by atoms with Crippen molar-refractivity contribution < 1.29 is 9.53 Å². The number of anilines is 2. The Balaban J connectivity index is 2.09. The van der Waals surface area contributed by atoms with Crippen molar-refractivity contribution in [2.45, 2.75) is 20.0 Å². The van der Waals surface area contributed by atoms with Crippen molar-refractivity contribution in [2.24, 2.45) is 0 Å². The number of ether oxygens (including phenoxy) is 1. The zero-order chi connectivity index (χ0) is 15.4. The van der Waals surface area contributed by atoms with E-state index in [0.29, 0.717) is 22.0 Å². The predicted molar refractivity (Wildman–Crippen MR) is 86.0 cm³/mol. The van der Waals surface area contributed by atoms with E-state index in [9.17, 15) is 4.79 Å². The number of carbonyl (C=O) groups is 1. The Morgan fingerprint density at radius 3 is 2.43 bits per heavy atom. The van der Waals surface area contributed by atoms with Crippen LogP contribution in [-0.4, -0.2) is 12.0 Å². The summed E-state index contributed by atoms with van der Waals surface area (Å²) in [5, 5.41) is 3.15. The zero-order valence-electron chi connectivity index (χ0n) is 11.9. The molecule has 2 aromatic carbocycles. The number of hydrogen-bond acceptors (Lipinski definition) is 3. The van der Waals surface area contributed by atoms with Gasteiger partial charge in [0.25, 0.3) is 5.91 Å². The fourth-order valence-electron chi connectivity index (χ4n) is 1.78. The number of rotatable bonds is 4. The maximum absolute atomic E-state index is 12.1. The van der Waals surface area contributed by atoms with Gasteiger partial charge in [0.15, 0.2) is 0 Å². The van der Waals surface area contributed by atoms with Crippen LogP contribution in [-0.2, 0) is 0 Å². The van der Waals surface area contributed by atoms with E-state index >= 15 is 0 Å². The average Bonchev–Trinajstić information content (AvgIpc) is 2.42. The van der Waals surface area contributed by atoms with Gasteiger partial charge in [-0.05, 0) is 56.3 Å². The Labute approximate surface area is 128 Å². The Kier molecular flexibility index (Phi) is 4.70. The van der Waals surface area contributed by atoms with Crippen molar-refractivity contribution in [3.05, 3.63) is 53.1 Å². The largest absolute Gasteiger partial charge is 0.491 e. The molecule has 110 valence electrons. The number of nitrogens with two attached hydrogens (primary N) is 1. The van der Waals surface area contributed by atoms with Gasteiger partial charge in [0, 0.05) is 11.3 Å². The lowest BCUT2D eigenvalue weighted by atomic mass is 10.2. The highest BCUT2D eigenvalue weighted by atomic mass is 35.5. The van der Waals surface area contributed by atoms with E-state index in [2.05, 4.69) is 5.32 Å². The molecule has 0 heterocycles. The zero-order valence-corrected chi connectivity index (χ0v) is 12.6. The van der Waals surface area contributed by atoms with Gasteiger partial charge in [0.2, 0.25) is 0 Å². The molecule has 0 saturated heterocycles. The molecule has 0 aliphatic rings. The Hall–Kier alpha value is -2.20. The van der Waals surface area contributed by atoms with Gasteiger partial charge < -0.3 is 15.8 Å². The van der Waals surface area contributed by atoms with Crippen LogP contribution in [0.3, 0.4) is 0 Å². The molecule has 0 spiro atoms. The molecule has 0 saturated carbocycles. The second kappa shape index (κ2) is 6.50. The lowest BCUT2D eigenvalue weighted by Crippen LogP contribution is -2.12. The quantitative estimate of drug-likeness (QED) is 0.840. The number of nitrogen functional groups attached to an aromatic ring is 1. The number of benzene rings is 2. The number of amides is 1. The number of halogens is 1. The lowest BCUT2D eigenvalue weighted by Gasteiger charge is -2.11. The van der Waals surface area contributed by atoms with Gasteiger partial charge in [-0.2, -0.15) is 0 Å². The standard InChI is InChI=1S/C16H17ClN2O2/c1-10(2)21-13-6-3-11(4-7-13)16(20)19-15-8-5-12(18)9-14(15)17/h3-10H,18H2,1-2H3,(H,19,20). The number of carbonyl (C=O) groups excluding carboxylic acids is 1. The van der Waals surface area contributed by atoms with E-state index in [1.165, 1.54) is 0 Å². The van der Waals surface area contributed by atoms with Crippen LogP contribution in [0.5, 0.6) is 5.75 Å². The van der Waals surface area contributed by atoms with E-state index in [1.54, 1.807) is 42.5 Å². The summed E-state index contributed by atoms with van der Waals surface area (Å²) < 4.78 is 5.53. The normalized spacial score (nSPS) is 10.5. The van der Waals surface area contributed by atoms with E-state index in [1.807, 2.05) is 13.8 Å². The first-order valence-electron chi connectivity index (χ1n) is 6.59. The number of nitrogens with one attached hydrogen (secondary N) is 1. The van der Waals surface area contributed by atoms with Gasteiger partial charge >= 0.3 is 0 Å². The minimum absolute atomic E-state index is 0.0956. The number of hydrogen-bond donors (Lipinski definition) is 2. The highest BCUT2D eigenvalue weighted by Crippen LogP contribution is 2.24. The van der Waals surface area contributed by atoms with Crippen molar-refractivity contribution in [1.29, 1.82) is 0 Å². The molecule has 0 unspecified atom stereocenters. The van der Waals surface area contributed by atoms with Crippen LogP contribution in [0.4, 0.5) is 11.4 Å². The Morgan fingerprint density at radius 2 is 1.86 bits per heavy atom. The molecule has 21 heavy (non-hydrogen) atoms. The van der Waals surface area contributed by atoms with Crippen molar-refractivity contribution in [2.75, 3.05) is 11.1 Å².